The molecular weight excluding hydrogens is 228 g/mol. The van der Waals surface area contributed by atoms with Gasteiger partial charge in [-0.3, -0.25) is 9.59 Å². The Hall–Kier alpha value is -1.95. The lowest BCUT2D eigenvalue weighted by Crippen LogP contribution is -2.11. The Bertz CT molecular complexity index is 560. The third-order valence-electron chi connectivity index (χ3n) is 1.72. The van der Waals surface area contributed by atoms with Gasteiger partial charge in [0, 0.05) is 13.0 Å². The van der Waals surface area contributed by atoms with Gasteiger partial charge in [-0.1, -0.05) is 11.3 Å². The molecule has 0 aromatic carbocycles. The zero-order valence-electron chi connectivity index (χ0n) is 8.39. The SMILES string of the molecule is CC(=O)Nc1nc(=O)cc(-c2ccco2)s1. The molecule has 0 unspecified atom stereocenters. The molecule has 1 N–H and O–H groups in total. The lowest BCUT2D eigenvalue weighted by atomic mass is 10.4. The van der Waals surface area contributed by atoms with Gasteiger partial charge in [0.05, 0.1) is 11.1 Å². The number of hydrogen-bond acceptors (Lipinski definition) is 5. The number of nitrogens with zero attached hydrogens (tertiary/aromatic N) is 1. The van der Waals surface area contributed by atoms with Gasteiger partial charge in [0.25, 0.3) is 5.56 Å². The highest BCUT2D eigenvalue weighted by atomic mass is 32.1. The maximum Gasteiger partial charge on any atom is 0.273 e. The van der Waals surface area contributed by atoms with Crippen molar-refractivity contribution < 1.29 is 9.21 Å². The van der Waals surface area contributed by atoms with Crippen LogP contribution in [0.15, 0.2) is 33.7 Å². The Balaban J connectivity index is 2.44. The highest BCUT2D eigenvalue weighted by molar-refractivity contribution is 7.18. The van der Waals surface area contributed by atoms with Crippen LogP contribution in [0.1, 0.15) is 6.92 Å². The van der Waals surface area contributed by atoms with Crippen molar-refractivity contribution in [2.24, 2.45) is 0 Å². The number of carbonyl (C=O) groups is 1. The summed E-state index contributed by atoms with van der Waals surface area (Å²) in [5, 5.41) is 2.74. The van der Waals surface area contributed by atoms with Crippen molar-refractivity contribution >= 4 is 22.4 Å². The van der Waals surface area contributed by atoms with E-state index >= 15 is 0 Å². The first-order valence-corrected chi connectivity index (χ1v) is 5.30. The molecule has 5 nitrogen and oxygen atoms in total. The maximum atomic E-state index is 11.3. The van der Waals surface area contributed by atoms with Gasteiger partial charge >= 0.3 is 0 Å². The van der Waals surface area contributed by atoms with Crippen molar-refractivity contribution in [3.05, 3.63) is 34.8 Å². The number of rotatable bonds is 2. The summed E-state index contributed by atoms with van der Waals surface area (Å²) in [4.78, 5) is 26.4. The summed E-state index contributed by atoms with van der Waals surface area (Å²) < 4.78 is 5.17. The number of hydrogen-bond donors (Lipinski definition) is 1. The average molecular weight is 236 g/mol. The second-order valence-corrected chi connectivity index (χ2v) is 4.05. The second kappa shape index (κ2) is 4.28. The van der Waals surface area contributed by atoms with Gasteiger partial charge in [-0.05, 0) is 12.1 Å². The molecule has 0 spiro atoms. The molecule has 0 radical (unpaired) electrons. The molecular formula is C10H8N2O3S. The molecule has 0 saturated heterocycles. The Kier molecular flexibility index (Phi) is 2.82. The smallest absolute Gasteiger partial charge is 0.273 e. The number of anilines is 1. The first-order valence-electron chi connectivity index (χ1n) is 4.49. The molecule has 0 aliphatic rings. The molecule has 16 heavy (non-hydrogen) atoms. The maximum absolute atomic E-state index is 11.3. The van der Waals surface area contributed by atoms with Crippen LogP contribution in [0, 0.1) is 0 Å². The predicted octanol–water partition coefficient (Wildman–Crippen LogP) is 1.72. The number of furan rings is 1. The molecule has 6 heteroatoms. The largest absolute Gasteiger partial charge is 0.464 e. The quantitative estimate of drug-likeness (QED) is 0.861. The van der Waals surface area contributed by atoms with E-state index in [0.29, 0.717) is 10.6 Å². The molecule has 0 aliphatic carbocycles. The summed E-state index contributed by atoms with van der Waals surface area (Å²) in [6.07, 6.45) is 1.52. The van der Waals surface area contributed by atoms with Crippen LogP contribution in [-0.4, -0.2) is 10.9 Å². The number of amides is 1. The first kappa shape index (κ1) is 10.6. The van der Waals surface area contributed by atoms with Gasteiger partial charge in [0.15, 0.2) is 5.13 Å². The Morgan fingerprint density at radius 2 is 2.38 bits per heavy atom. The molecule has 2 aromatic heterocycles. The van der Waals surface area contributed by atoms with Crippen LogP contribution >= 0.6 is 11.3 Å². The van der Waals surface area contributed by atoms with Crippen LogP contribution in [0.2, 0.25) is 0 Å². The summed E-state index contributed by atoms with van der Waals surface area (Å²) in [6.45, 7) is 1.36. The van der Waals surface area contributed by atoms with Crippen molar-refractivity contribution in [2.75, 3.05) is 5.32 Å². The van der Waals surface area contributed by atoms with E-state index in [1.165, 1.54) is 30.6 Å². The third-order valence-corrected chi connectivity index (χ3v) is 2.65. The van der Waals surface area contributed by atoms with Crippen LogP contribution < -0.4 is 10.9 Å². The van der Waals surface area contributed by atoms with Crippen molar-refractivity contribution in [3.8, 4) is 10.6 Å². The number of nitrogens with one attached hydrogen (secondary N) is 1. The van der Waals surface area contributed by atoms with Crippen molar-refractivity contribution in [3.63, 3.8) is 0 Å². The van der Waals surface area contributed by atoms with Gasteiger partial charge in [0.2, 0.25) is 5.91 Å². The normalized spacial score (nSPS) is 10.1. The van der Waals surface area contributed by atoms with Gasteiger partial charge in [-0.2, -0.15) is 4.98 Å². The van der Waals surface area contributed by atoms with Crippen LogP contribution in [0.5, 0.6) is 0 Å². The van der Waals surface area contributed by atoms with E-state index in [2.05, 4.69) is 10.3 Å². The zero-order valence-corrected chi connectivity index (χ0v) is 9.21. The van der Waals surface area contributed by atoms with E-state index < -0.39 is 5.56 Å². The molecule has 2 aromatic rings. The van der Waals surface area contributed by atoms with E-state index in [9.17, 15) is 9.59 Å². The molecule has 2 heterocycles. The highest BCUT2D eigenvalue weighted by Crippen LogP contribution is 2.26. The van der Waals surface area contributed by atoms with E-state index in [4.69, 9.17) is 4.42 Å². The van der Waals surface area contributed by atoms with Crippen LogP contribution in [0.3, 0.4) is 0 Å². The number of aromatic nitrogens is 1. The van der Waals surface area contributed by atoms with Gasteiger partial charge < -0.3 is 9.73 Å². The minimum atomic E-state index is -0.408. The summed E-state index contributed by atoms with van der Waals surface area (Å²) in [7, 11) is 0. The molecule has 0 bridgehead atoms. The highest BCUT2D eigenvalue weighted by Gasteiger charge is 2.07. The van der Waals surface area contributed by atoms with E-state index in [1.807, 2.05) is 0 Å². The van der Waals surface area contributed by atoms with Gasteiger partial charge in [0.1, 0.15) is 5.76 Å². The van der Waals surface area contributed by atoms with Gasteiger partial charge in [-0.15, -0.1) is 0 Å². The predicted molar refractivity (Wildman–Crippen MR) is 60.4 cm³/mol. The van der Waals surface area contributed by atoms with E-state index in [1.54, 1.807) is 12.1 Å². The molecule has 0 atom stereocenters. The van der Waals surface area contributed by atoms with Gasteiger partial charge in [-0.25, -0.2) is 0 Å². The summed E-state index contributed by atoms with van der Waals surface area (Å²) >= 11 is 1.19. The molecule has 82 valence electrons. The second-order valence-electron chi connectivity index (χ2n) is 3.02. The zero-order chi connectivity index (χ0) is 11.5. The summed E-state index contributed by atoms with van der Waals surface area (Å²) in [6, 6.07) is 4.84. The lowest BCUT2D eigenvalue weighted by Gasteiger charge is -2.00. The summed E-state index contributed by atoms with van der Waals surface area (Å²) in [5.41, 5.74) is -0.408. The topological polar surface area (TPSA) is 72.2 Å². The minimum Gasteiger partial charge on any atom is -0.464 e. The average Bonchev–Trinajstić information content (AvgIpc) is 2.67. The minimum absolute atomic E-state index is 0.264. The molecule has 0 aliphatic heterocycles. The van der Waals surface area contributed by atoms with Crippen molar-refractivity contribution in [2.45, 2.75) is 6.92 Å². The van der Waals surface area contributed by atoms with Crippen LogP contribution in [-0.2, 0) is 4.79 Å². The monoisotopic (exact) mass is 236 g/mol. The molecule has 2 rings (SSSR count). The lowest BCUT2D eigenvalue weighted by molar-refractivity contribution is -0.114. The fourth-order valence-corrected chi connectivity index (χ4v) is 2.06. The van der Waals surface area contributed by atoms with E-state index in [-0.39, 0.29) is 11.0 Å². The van der Waals surface area contributed by atoms with Crippen LogP contribution in [0.25, 0.3) is 10.6 Å². The fraction of sp³-hybridized carbons (Fsp3) is 0.100. The third kappa shape index (κ3) is 2.34. The molecule has 1 amide bonds. The Morgan fingerprint density at radius 3 is 3.00 bits per heavy atom. The standard InChI is InChI=1S/C10H8N2O3S/c1-6(13)11-10-12-9(14)5-8(16-10)7-3-2-4-15-7/h2-5H,1H3,(H,11,12,13,14). The van der Waals surface area contributed by atoms with Crippen molar-refractivity contribution in [1.29, 1.82) is 0 Å². The van der Waals surface area contributed by atoms with Crippen LogP contribution in [0.4, 0.5) is 5.13 Å². The molecule has 0 fully saturated rings. The summed E-state index contributed by atoms with van der Waals surface area (Å²) in [5.74, 6) is 0.316. The first-order chi connectivity index (χ1) is 7.65. The van der Waals surface area contributed by atoms with Crippen molar-refractivity contribution in [1.82, 2.24) is 4.98 Å². The molecule has 0 saturated carbocycles. The fourth-order valence-electron chi connectivity index (χ4n) is 1.15. The van der Waals surface area contributed by atoms with E-state index in [0.717, 1.165) is 0 Å². The Morgan fingerprint density at radius 1 is 1.56 bits per heavy atom. The number of carbonyl (C=O) groups excluding carboxylic acids is 1. The Labute approximate surface area is 94.8 Å².